The van der Waals surface area contributed by atoms with E-state index >= 15 is 0 Å². The number of benzene rings is 1. The third-order valence-electron chi connectivity index (χ3n) is 3.54. The minimum absolute atomic E-state index is 0.296. The zero-order chi connectivity index (χ0) is 15.1. The SMILES string of the molecule is Fc1cc2ncccc2cc1Cn1cnc2ccc(Cl)nc21. The zero-order valence-corrected chi connectivity index (χ0v) is 12.1. The normalized spacial score (nSPS) is 11.4. The monoisotopic (exact) mass is 312 g/mol. The first-order chi connectivity index (χ1) is 10.7. The highest BCUT2D eigenvalue weighted by atomic mass is 35.5. The van der Waals surface area contributed by atoms with Crippen molar-refractivity contribution in [2.24, 2.45) is 0 Å². The first kappa shape index (κ1) is 13.2. The molecule has 4 aromatic rings. The van der Waals surface area contributed by atoms with Gasteiger partial charge in [0, 0.05) is 23.2 Å². The highest BCUT2D eigenvalue weighted by Gasteiger charge is 2.10. The van der Waals surface area contributed by atoms with Crippen molar-refractivity contribution in [1.82, 2.24) is 19.5 Å². The molecule has 0 aliphatic carbocycles. The predicted octanol–water partition coefficient (Wildman–Crippen LogP) is 3.82. The van der Waals surface area contributed by atoms with Crippen LogP contribution in [0.5, 0.6) is 0 Å². The molecule has 4 rings (SSSR count). The molecule has 0 amide bonds. The van der Waals surface area contributed by atoms with Crippen LogP contribution in [0, 0.1) is 5.82 Å². The predicted molar refractivity (Wildman–Crippen MR) is 83.3 cm³/mol. The minimum atomic E-state index is -0.296. The molecule has 6 heteroatoms. The average molecular weight is 313 g/mol. The van der Waals surface area contributed by atoms with E-state index in [1.165, 1.54) is 6.07 Å². The molecule has 108 valence electrons. The third-order valence-corrected chi connectivity index (χ3v) is 3.75. The van der Waals surface area contributed by atoms with Crippen molar-refractivity contribution < 1.29 is 4.39 Å². The second-order valence-corrected chi connectivity index (χ2v) is 5.38. The van der Waals surface area contributed by atoms with Crippen LogP contribution >= 0.6 is 11.6 Å². The molecule has 3 heterocycles. The van der Waals surface area contributed by atoms with E-state index < -0.39 is 0 Å². The Kier molecular flexibility index (Phi) is 3.01. The molecule has 0 atom stereocenters. The van der Waals surface area contributed by atoms with Gasteiger partial charge in [-0.2, -0.15) is 0 Å². The van der Waals surface area contributed by atoms with Crippen LogP contribution < -0.4 is 0 Å². The number of pyridine rings is 2. The van der Waals surface area contributed by atoms with E-state index in [1.54, 1.807) is 35.3 Å². The van der Waals surface area contributed by atoms with E-state index in [9.17, 15) is 4.39 Å². The third kappa shape index (κ3) is 2.19. The Hall–Kier alpha value is -2.53. The van der Waals surface area contributed by atoms with Crippen LogP contribution in [0.2, 0.25) is 5.15 Å². The van der Waals surface area contributed by atoms with Gasteiger partial charge in [-0.3, -0.25) is 4.98 Å². The van der Waals surface area contributed by atoms with Crippen molar-refractivity contribution in [3.8, 4) is 0 Å². The van der Waals surface area contributed by atoms with E-state index in [1.807, 2.05) is 12.1 Å². The summed E-state index contributed by atoms with van der Waals surface area (Å²) in [6.07, 6.45) is 3.29. The van der Waals surface area contributed by atoms with Crippen LogP contribution in [-0.2, 0) is 6.54 Å². The van der Waals surface area contributed by atoms with Crippen LogP contribution in [0.25, 0.3) is 22.1 Å². The largest absolute Gasteiger partial charge is 0.311 e. The maximum absolute atomic E-state index is 14.3. The molecule has 3 aromatic heterocycles. The second kappa shape index (κ2) is 5.03. The van der Waals surface area contributed by atoms with Gasteiger partial charge in [-0.05, 0) is 24.3 Å². The van der Waals surface area contributed by atoms with Crippen molar-refractivity contribution in [3.63, 3.8) is 0 Å². The molecule has 0 fully saturated rings. The zero-order valence-electron chi connectivity index (χ0n) is 11.4. The molecule has 0 unspecified atom stereocenters. The Balaban J connectivity index is 1.82. The molecule has 0 spiro atoms. The van der Waals surface area contributed by atoms with E-state index in [0.717, 1.165) is 10.9 Å². The molecule has 22 heavy (non-hydrogen) atoms. The summed E-state index contributed by atoms with van der Waals surface area (Å²) in [6.45, 7) is 0.334. The topological polar surface area (TPSA) is 43.6 Å². The van der Waals surface area contributed by atoms with Crippen molar-refractivity contribution in [1.29, 1.82) is 0 Å². The average Bonchev–Trinajstić information content (AvgIpc) is 2.90. The molecule has 4 nitrogen and oxygen atoms in total. The molecule has 0 bridgehead atoms. The van der Waals surface area contributed by atoms with Crippen LogP contribution in [0.1, 0.15) is 5.56 Å². The summed E-state index contributed by atoms with van der Waals surface area (Å²) in [6, 6.07) is 10.5. The van der Waals surface area contributed by atoms with Crippen molar-refractivity contribution in [3.05, 3.63) is 65.5 Å². The van der Waals surface area contributed by atoms with Crippen molar-refractivity contribution in [2.75, 3.05) is 0 Å². The summed E-state index contributed by atoms with van der Waals surface area (Å²) in [4.78, 5) is 12.7. The number of fused-ring (bicyclic) bond motifs is 2. The number of nitrogens with zero attached hydrogens (tertiary/aromatic N) is 4. The lowest BCUT2D eigenvalue weighted by Gasteiger charge is -2.07. The van der Waals surface area contributed by atoms with Gasteiger partial charge in [0.1, 0.15) is 16.5 Å². The molecular weight excluding hydrogens is 303 g/mol. The molecule has 0 saturated carbocycles. The summed E-state index contributed by atoms with van der Waals surface area (Å²) in [7, 11) is 0. The van der Waals surface area contributed by atoms with E-state index in [2.05, 4.69) is 15.0 Å². The van der Waals surface area contributed by atoms with Gasteiger partial charge in [-0.15, -0.1) is 0 Å². The van der Waals surface area contributed by atoms with Crippen LogP contribution in [0.4, 0.5) is 4.39 Å². The van der Waals surface area contributed by atoms with Gasteiger partial charge >= 0.3 is 0 Å². The molecule has 0 radical (unpaired) electrons. The summed E-state index contributed by atoms with van der Waals surface area (Å²) in [5.41, 5.74) is 2.56. The van der Waals surface area contributed by atoms with E-state index in [-0.39, 0.29) is 5.82 Å². The first-order valence-electron chi connectivity index (χ1n) is 6.71. The molecule has 0 saturated heterocycles. The van der Waals surface area contributed by atoms with Gasteiger partial charge in [0.25, 0.3) is 0 Å². The van der Waals surface area contributed by atoms with Gasteiger partial charge in [-0.1, -0.05) is 17.7 Å². The molecular formula is C16H10ClFN4. The molecule has 1 aromatic carbocycles. The lowest BCUT2D eigenvalue weighted by atomic mass is 10.1. The van der Waals surface area contributed by atoms with Crippen LogP contribution in [0.15, 0.2) is 48.9 Å². The maximum Gasteiger partial charge on any atom is 0.161 e. The Bertz CT molecular complexity index is 996. The van der Waals surface area contributed by atoms with Gasteiger partial charge in [0.15, 0.2) is 5.65 Å². The van der Waals surface area contributed by atoms with Crippen molar-refractivity contribution in [2.45, 2.75) is 6.54 Å². The number of aromatic nitrogens is 4. The summed E-state index contributed by atoms with van der Waals surface area (Å²) >= 11 is 5.93. The highest BCUT2D eigenvalue weighted by molar-refractivity contribution is 6.29. The molecule has 0 aliphatic rings. The number of halogens is 2. The molecule has 0 N–H and O–H groups in total. The number of rotatable bonds is 2. The number of hydrogen-bond donors (Lipinski definition) is 0. The summed E-state index contributed by atoms with van der Waals surface area (Å²) in [5, 5.41) is 1.28. The fourth-order valence-electron chi connectivity index (χ4n) is 2.48. The maximum atomic E-state index is 14.3. The summed E-state index contributed by atoms with van der Waals surface area (Å²) < 4.78 is 16.1. The Morgan fingerprint density at radius 2 is 2.00 bits per heavy atom. The van der Waals surface area contributed by atoms with E-state index in [0.29, 0.717) is 28.4 Å². The van der Waals surface area contributed by atoms with E-state index in [4.69, 9.17) is 11.6 Å². The summed E-state index contributed by atoms with van der Waals surface area (Å²) in [5.74, 6) is -0.296. The quantitative estimate of drug-likeness (QED) is 0.528. The van der Waals surface area contributed by atoms with Gasteiger partial charge in [-0.25, -0.2) is 14.4 Å². The van der Waals surface area contributed by atoms with Gasteiger partial charge in [0.2, 0.25) is 0 Å². The van der Waals surface area contributed by atoms with Gasteiger partial charge < -0.3 is 4.57 Å². The Morgan fingerprint density at radius 3 is 2.91 bits per heavy atom. The fraction of sp³-hybridized carbons (Fsp3) is 0.0625. The second-order valence-electron chi connectivity index (χ2n) is 4.99. The first-order valence-corrected chi connectivity index (χ1v) is 7.09. The minimum Gasteiger partial charge on any atom is -0.311 e. The number of imidazole rings is 1. The standard InChI is InChI=1S/C16H10ClFN4/c17-15-4-3-13-16(21-15)22(9-20-13)8-11-6-10-2-1-5-19-14(10)7-12(11)18/h1-7,9H,8H2. The van der Waals surface area contributed by atoms with Crippen molar-refractivity contribution >= 4 is 33.7 Å². The lowest BCUT2D eigenvalue weighted by molar-refractivity contribution is 0.603. The number of hydrogen-bond acceptors (Lipinski definition) is 3. The smallest absolute Gasteiger partial charge is 0.161 e. The Labute approximate surface area is 130 Å². The molecule has 0 aliphatic heterocycles. The van der Waals surface area contributed by atoms with Crippen LogP contribution in [0.3, 0.4) is 0 Å². The highest BCUT2D eigenvalue weighted by Crippen LogP contribution is 2.20. The van der Waals surface area contributed by atoms with Gasteiger partial charge in [0.05, 0.1) is 18.4 Å². The Morgan fingerprint density at radius 1 is 1.09 bits per heavy atom. The lowest BCUT2D eigenvalue weighted by Crippen LogP contribution is -2.02. The fourth-order valence-corrected chi connectivity index (χ4v) is 2.62. The van der Waals surface area contributed by atoms with Crippen LogP contribution in [-0.4, -0.2) is 19.5 Å².